The number of esters is 1. The predicted octanol–water partition coefficient (Wildman–Crippen LogP) is 2.55. The minimum absolute atomic E-state index is 0.684. The minimum atomic E-state index is -1.11. The Labute approximate surface area is 142 Å². The average molecular weight is 344 g/mol. The number of hydrogen-bond donors (Lipinski definition) is 2. The second-order valence-electron chi connectivity index (χ2n) is 4.83. The van der Waals surface area contributed by atoms with E-state index < -0.39 is 24.0 Å². The van der Waals surface area contributed by atoms with E-state index in [2.05, 4.69) is 0 Å². The summed E-state index contributed by atoms with van der Waals surface area (Å²) in [5.41, 5.74) is 5.92. The molecule has 0 bridgehead atoms. The molecule has 2 rings (SSSR count). The fraction of sp³-hybridized carbons (Fsp3) is 0.118. The molecule has 0 aliphatic rings. The maximum absolute atomic E-state index is 11.7. The van der Waals surface area contributed by atoms with Crippen LogP contribution in [0.2, 0.25) is 0 Å². The van der Waals surface area contributed by atoms with E-state index in [0.29, 0.717) is 0 Å². The second-order valence-corrected chi connectivity index (χ2v) is 5.95. The van der Waals surface area contributed by atoms with Crippen molar-refractivity contribution in [1.82, 2.24) is 5.32 Å². The first kappa shape index (κ1) is 17.4. The lowest BCUT2D eigenvalue weighted by Crippen LogP contribution is -2.42. The maximum atomic E-state index is 11.7. The normalized spacial score (nSPS) is 11.9. The molecule has 0 aliphatic carbocycles. The molecule has 24 heavy (non-hydrogen) atoms. The highest BCUT2D eigenvalue weighted by Crippen LogP contribution is 2.28. The number of imide groups is 1. The number of primary amides is 1. The molecular formula is C17H16N2O4S. The standard InChI is InChI=1S/C17H16N2O4S/c1-11(16(21)19-17(18)22)23-15(20)10-8-13-7-9-14(24-13)12-5-3-2-4-6-12/h2-11H,1H3,(H3,18,19,21,22)/b10-8+/t11-/m0/s1. The van der Waals surface area contributed by atoms with Crippen LogP contribution in [0, 0.1) is 0 Å². The van der Waals surface area contributed by atoms with Crippen molar-refractivity contribution in [1.29, 1.82) is 0 Å². The van der Waals surface area contributed by atoms with Gasteiger partial charge in [0.05, 0.1) is 0 Å². The van der Waals surface area contributed by atoms with Crippen molar-refractivity contribution >= 4 is 35.3 Å². The van der Waals surface area contributed by atoms with E-state index in [1.54, 1.807) is 6.08 Å². The highest BCUT2D eigenvalue weighted by molar-refractivity contribution is 7.16. The Bertz CT molecular complexity index is 768. The summed E-state index contributed by atoms with van der Waals surface area (Å²) in [5, 5.41) is 1.84. The molecule has 3 amide bonds. The van der Waals surface area contributed by atoms with Gasteiger partial charge in [0, 0.05) is 15.8 Å². The van der Waals surface area contributed by atoms with Gasteiger partial charge in [-0.05, 0) is 30.7 Å². The number of urea groups is 1. The number of carbonyl (C=O) groups excluding carboxylic acids is 3. The zero-order valence-corrected chi connectivity index (χ0v) is 13.7. The van der Waals surface area contributed by atoms with Crippen LogP contribution >= 0.6 is 11.3 Å². The molecule has 1 aromatic heterocycles. The number of thiophene rings is 1. The molecule has 0 aliphatic heterocycles. The van der Waals surface area contributed by atoms with Crippen molar-refractivity contribution in [2.24, 2.45) is 5.73 Å². The van der Waals surface area contributed by atoms with Crippen LogP contribution in [-0.4, -0.2) is 24.0 Å². The van der Waals surface area contributed by atoms with Gasteiger partial charge in [-0.2, -0.15) is 0 Å². The van der Waals surface area contributed by atoms with Gasteiger partial charge in [0.25, 0.3) is 5.91 Å². The summed E-state index contributed by atoms with van der Waals surface area (Å²) in [6, 6.07) is 12.7. The largest absolute Gasteiger partial charge is 0.449 e. The summed E-state index contributed by atoms with van der Waals surface area (Å²) < 4.78 is 4.89. The summed E-state index contributed by atoms with van der Waals surface area (Å²) in [6.07, 6.45) is 1.73. The molecule has 0 spiro atoms. The molecule has 0 saturated carbocycles. The van der Waals surface area contributed by atoms with Crippen LogP contribution in [-0.2, 0) is 14.3 Å². The van der Waals surface area contributed by atoms with Crippen LogP contribution in [0.1, 0.15) is 11.8 Å². The van der Waals surface area contributed by atoms with E-state index in [-0.39, 0.29) is 0 Å². The zero-order chi connectivity index (χ0) is 17.5. The van der Waals surface area contributed by atoms with Gasteiger partial charge in [-0.3, -0.25) is 10.1 Å². The monoisotopic (exact) mass is 344 g/mol. The van der Waals surface area contributed by atoms with Crippen LogP contribution in [0.25, 0.3) is 16.5 Å². The molecule has 1 atom stereocenters. The average Bonchev–Trinajstić information content (AvgIpc) is 3.02. The van der Waals surface area contributed by atoms with Gasteiger partial charge in [0.15, 0.2) is 6.10 Å². The minimum Gasteiger partial charge on any atom is -0.449 e. The van der Waals surface area contributed by atoms with Crippen molar-refractivity contribution in [2.75, 3.05) is 0 Å². The van der Waals surface area contributed by atoms with E-state index in [4.69, 9.17) is 10.5 Å². The molecular weight excluding hydrogens is 328 g/mol. The third-order valence-electron chi connectivity index (χ3n) is 2.98. The number of rotatable bonds is 5. The summed E-state index contributed by atoms with van der Waals surface area (Å²) in [5.74, 6) is -1.46. The smallest absolute Gasteiger partial charge is 0.331 e. The molecule has 0 fully saturated rings. The Kier molecular flexibility index (Phi) is 5.86. The number of ether oxygens (including phenoxy) is 1. The summed E-state index contributed by atoms with van der Waals surface area (Å²) in [7, 11) is 0. The summed E-state index contributed by atoms with van der Waals surface area (Å²) in [6.45, 7) is 1.35. The third-order valence-corrected chi connectivity index (χ3v) is 4.08. The molecule has 6 nitrogen and oxygen atoms in total. The lowest BCUT2D eigenvalue weighted by Gasteiger charge is -2.09. The van der Waals surface area contributed by atoms with Gasteiger partial charge in [-0.25, -0.2) is 9.59 Å². The highest BCUT2D eigenvalue weighted by atomic mass is 32.1. The summed E-state index contributed by atoms with van der Waals surface area (Å²) >= 11 is 1.53. The molecule has 2 aromatic rings. The number of nitrogens with two attached hydrogens (primary N) is 1. The van der Waals surface area contributed by atoms with Crippen molar-refractivity contribution in [3.63, 3.8) is 0 Å². The third kappa shape index (κ3) is 5.06. The Balaban J connectivity index is 1.94. The SMILES string of the molecule is C[C@H](OC(=O)/C=C/c1ccc(-c2ccccc2)s1)C(=O)NC(N)=O. The fourth-order valence-corrected chi connectivity index (χ4v) is 2.76. The van der Waals surface area contributed by atoms with Crippen molar-refractivity contribution in [2.45, 2.75) is 13.0 Å². The predicted molar refractivity (Wildman–Crippen MR) is 92.1 cm³/mol. The first-order chi connectivity index (χ1) is 11.5. The van der Waals surface area contributed by atoms with E-state index in [9.17, 15) is 14.4 Å². The molecule has 3 N–H and O–H groups in total. The quantitative estimate of drug-likeness (QED) is 0.643. The van der Waals surface area contributed by atoms with Crippen LogP contribution < -0.4 is 11.1 Å². The fourth-order valence-electron chi connectivity index (χ4n) is 1.84. The van der Waals surface area contributed by atoms with Gasteiger partial charge in [-0.1, -0.05) is 30.3 Å². The molecule has 1 aromatic carbocycles. The highest BCUT2D eigenvalue weighted by Gasteiger charge is 2.17. The first-order valence-electron chi connectivity index (χ1n) is 7.10. The molecule has 0 radical (unpaired) electrons. The van der Waals surface area contributed by atoms with Crippen LogP contribution in [0.4, 0.5) is 4.79 Å². The summed E-state index contributed by atoms with van der Waals surface area (Å²) in [4.78, 5) is 35.6. The van der Waals surface area contributed by atoms with Gasteiger partial charge < -0.3 is 10.5 Å². The van der Waals surface area contributed by atoms with Gasteiger partial charge in [0.1, 0.15) is 0 Å². The lowest BCUT2D eigenvalue weighted by atomic mass is 10.2. The molecule has 7 heteroatoms. The van der Waals surface area contributed by atoms with Crippen molar-refractivity contribution < 1.29 is 19.1 Å². The van der Waals surface area contributed by atoms with E-state index >= 15 is 0 Å². The number of hydrogen-bond acceptors (Lipinski definition) is 5. The topological polar surface area (TPSA) is 98.5 Å². The van der Waals surface area contributed by atoms with Crippen molar-refractivity contribution in [3.05, 3.63) is 53.4 Å². The van der Waals surface area contributed by atoms with Crippen molar-refractivity contribution in [3.8, 4) is 10.4 Å². The van der Waals surface area contributed by atoms with Crippen LogP contribution in [0.15, 0.2) is 48.5 Å². The maximum Gasteiger partial charge on any atom is 0.331 e. The lowest BCUT2D eigenvalue weighted by molar-refractivity contribution is -0.149. The molecule has 124 valence electrons. The van der Waals surface area contributed by atoms with E-state index in [0.717, 1.165) is 15.3 Å². The zero-order valence-electron chi connectivity index (χ0n) is 12.9. The molecule has 0 unspecified atom stereocenters. The number of amides is 3. The number of carbonyl (C=O) groups is 3. The van der Waals surface area contributed by atoms with Gasteiger partial charge >= 0.3 is 12.0 Å². The number of nitrogens with one attached hydrogen (secondary N) is 1. The molecule has 0 saturated heterocycles. The van der Waals surface area contributed by atoms with Gasteiger partial charge in [-0.15, -0.1) is 11.3 Å². The number of benzene rings is 1. The van der Waals surface area contributed by atoms with E-state index in [1.165, 1.54) is 24.3 Å². The first-order valence-corrected chi connectivity index (χ1v) is 7.91. The second kappa shape index (κ2) is 8.07. The van der Waals surface area contributed by atoms with Crippen LogP contribution in [0.3, 0.4) is 0 Å². The van der Waals surface area contributed by atoms with E-state index in [1.807, 2.05) is 47.8 Å². The Morgan fingerprint density at radius 1 is 1.17 bits per heavy atom. The Morgan fingerprint density at radius 3 is 2.54 bits per heavy atom. The van der Waals surface area contributed by atoms with Gasteiger partial charge in [0.2, 0.25) is 0 Å². The van der Waals surface area contributed by atoms with Crippen LogP contribution in [0.5, 0.6) is 0 Å². The molecule has 1 heterocycles. The Hall–Kier alpha value is -2.93. The Morgan fingerprint density at radius 2 is 1.88 bits per heavy atom.